The third-order valence-corrected chi connectivity index (χ3v) is 5.07. The van der Waals surface area contributed by atoms with Crippen molar-refractivity contribution in [3.05, 3.63) is 41.7 Å². The van der Waals surface area contributed by atoms with Crippen LogP contribution in [0.2, 0.25) is 0 Å². The number of carbonyl (C=O) groups excluding carboxylic acids is 1. The minimum absolute atomic E-state index is 0. The van der Waals surface area contributed by atoms with Crippen molar-refractivity contribution in [2.75, 3.05) is 19.6 Å². The number of aromatic nitrogens is 1. The lowest BCUT2D eigenvalue weighted by molar-refractivity contribution is 0.0840. The van der Waals surface area contributed by atoms with Crippen molar-refractivity contribution in [2.45, 2.75) is 32.1 Å². The number of nitrogens with zero attached hydrogens (tertiary/aromatic N) is 2. The first kappa shape index (κ1) is 17.2. The Morgan fingerprint density at radius 1 is 1.12 bits per heavy atom. The van der Waals surface area contributed by atoms with Gasteiger partial charge in [-0.05, 0) is 32.4 Å². The molecule has 1 aromatic carbocycles. The van der Waals surface area contributed by atoms with E-state index < -0.39 is 0 Å². The SMILES string of the molecule is Cl.O=C1c2c(-c3ccccc3)noc2CCC1CN1CCCCC1. The quantitative estimate of drug-likeness (QED) is 0.842. The second kappa shape index (κ2) is 7.49. The lowest BCUT2D eigenvalue weighted by Gasteiger charge is -2.31. The second-order valence-corrected chi connectivity index (χ2v) is 6.66. The highest BCUT2D eigenvalue weighted by Crippen LogP contribution is 2.34. The van der Waals surface area contributed by atoms with E-state index in [1.54, 1.807) is 0 Å². The van der Waals surface area contributed by atoms with Gasteiger partial charge in [-0.25, -0.2) is 0 Å². The first-order chi connectivity index (χ1) is 11.3. The van der Waals surface area contributed by atoms with Gasteiger partial charge in [0.05, 0.1) is 5.56 Å². The first-order valence-electron chi connectivity index (χ1n) is 8.63. The molecule has 4 nitrogen and oxygen atoms in total. The number of piperidine rings is 1. The number of likely N-dealkylation sites (tertiary alicyclic amines) is 1. The number of Topliss-reactive ketones (excluding diaryl/α,β-unsaturated/α-hetero) is 1. The van der Waals surface area contributed by atoms with Gasteiger partial charge in [-0.2, -0.15) is 0 Å². The number of benzene rings is 1. The van der Waals surface area contributed by atoms with E-state index in [1.807, 2.05) is 30.3 Å². The minimum Gasteiger partial charge on any atom is -0.360 e. The van der Waals surface area contributed by atoms with Crippen LogP contribution in [0.4, 0.5) is 0 Å². The van der Waals surface area contributed by atoms with Crippen LogP contribution in [0.25, 0.3) is 11.3 Å². The molecule has 5 heteroatoms. The minimum atomic E-state index is 0. The summed E-state index contributed by atoms with van der Waals surface area (Å²) in [6, 6.07) is 9.88. The summed E-state index contributed by atoms with van der Waals surface area (Å²) in [5, 5.41) is 4.19. The van der Waals surface area contributed by atoms with Crippen LogP contribution in [0.15, 0.2) is 34.9 Å². The Labute approximate surface area is 148 Å². The first-order valence-corrected chi connectivity index (χ1v) is 8.63. The molecule has 2 heterocycles. The van der Waals surface area contributed by atoms with Crippen molar-refractivity contribution >= 4 is 18.2 Å². The highest BCUT2D eigenvalue weighted by molar-refractivity contribution is 6.04. The van der Waals surface area contributed by atoms with Crippen LogP contribution >= 0.6 is 12.4 Å². The topological polar surface area (TPSA) is 46.3 Å². The maximum absolute atomic E-state index is 13.0. The predicted octanol–water partition coefficient (Wildman–Crippen LogP) is 3.99. The second-order valence-electron chi connectivity index (χ2n) is 6.66. The molecule has 0 bridgehead atoms. The summed E-state index contributed by atoms with van der Waals surface area (Å²) in [6.07, 6.45) is 5.54. The summed E-state index contributed by atoms with van der Waals surface area (Å²) >= 11 is 0. The molecule has 1 saturated heterocycles. The fourth-order valence-electron chi connectivity index (χ4n) is 3.81. The molecule has 0 radical (unpaired) electrons. The fraction of sp³-hybridized carbons (Fsp3) is 0.474. The predicted molar refractivity (Wildman–Crippen MR) is 95.6 cm³/mol. The average molecular weight is 347 g/mol. The van der Waals surface area contributed by atoms with Crippen LogP contribution < -0.4 is 0 Å². The Hall–Kier alpha value is -1.65. The summed E-state index contributed by atoms with van der Waals surface area (Å²) in [4.78, 5) is 15.5. The van der Waals surface area contributed by atoms with Gasteiger partial charge in [0.15, 0.2) is 5.78 Å². The molecule has 1 aromatic heterocycles. The Bertz CT molecular complexity index is 693. The number of ketones is 1. The molecule has 1 atom stereocenters. The summed E-state index contributed by atoms with van der Waals surface area (Å²) in [6.45, 7) is 3.15. The molecule has 128 valence electrons. The van der Waals surface area contributed by atoms with Gasteiger partial charge in [-0.3, -0.25) is 4.79 Å². The zero-order valence-electron chi connectivity index (χ0n) is 13.7. The van der Waals surface area contributed by atoms with Gasteiger partial charge in [-0.15, -0.1) is 12.4 Å². The Morgan fingerprint density at radius 3 is 2.62 bits per heavy atom. The van der Waals surface area contributed by atoms with Crippen molar-refractivity contribution in [3.8, 4) is 11.3 Å². The molecule has 1 aliphatic heterocycles. The van der Waals surface area contributed by atoms with Crippen LogP contribution in [-0.4, -0.2) is 35.5 Å². The van der Waals surface area contributed by atoms with Gasteiger partial charge in [0.2, 0.25) is 0 Å². The Morgan fingerprint density at radius 2 is 1.88 bits per heavy atom. The maximum atomic E-state index is 13.0. The normalized spacial score (nSPS) is 21.2. The highest BCUT2D eigenvalue weighted by atomic mass is 35.5. The molecule has 2 aliphatic rings. The van der Waals surface area contributed by atoms with Gasteiger partial charge < -0.3 is 9.42 Å². The summed E-state index contributed by atoms with van der Waals surface area (Å²) in [5.41, 5.74) is 2.41. The van der Waals surface area contributed by atoms with Crippen LogP contribution in [-0.2, 0) is 6.42 Å². The van der Waals surface area contributed by atoms with Gasteiger partial charge in [-0.1, -0.05) is 41.9 Å². The van der Waals surface area contributed by atoms with Crippen molar-refractivity contribution in [2.24, 2.45) is 5.92 Å². The lowest BCUT2D eigenvalue weighted by atomic mass is 9.84. The van der Waals surface area contributed by atoms with Gasteiger partial charge in [0.25, 0.3) is 0 Å². The van der Waals surface area contributed by atoms with Crippen LogP contribution in [0.3, 0.4) is 0 Å². The molecule has 2 aromatic rings. The molecular weight excluding hydrogens is 324 g/mol. The van der Waals surface area contributed by atoms with Crippen molar-refractivity contribution < 1.29 is 9.32 Å². The number of hydrogen-bond acceptors (Lipinski definition) is 4. The van der Waals surface area contributed by atoms with Crippen LogP contribution in [0, 0.1) is 5.92 Å². The third kappa shape index (κ3) is 3.26. The molecule has 4 rings (SSSR count). The third-order valence-electron chi connectivity index (χ3n) is 5.07. The molecule has 0 saturated carbocycles. The summed E-state index contributed by atoms with van der Waals surface area (Å²) < 4.78 is 5.47. The number of rotatable bonds is 3. The monoisotopic (exact) mass is 346 g/mol. The number of fused-ring (bicyclic) bond motifs is 1. The molecule has 1 unspecified atom stereocenters. The van der Waals surface area contributed by atoms with Crippen LogP contribution in [0.5, 0.6) is 0 Å². The summed E-state index contributed by atoms with van der Waals surface area (Å²) in [5.74, 6) is 1.07. The molecule has 1 aliphatic carbocycles. The standard InChI is InChI=1S/C19H22N2O2.ClH/c22-19-15(13-21-11-5-2-6-12-21)9-10-16-17(19)18(20-23-16)14-7-3-1-4-8-14;/h1,3-4,7-8,15H,2,5-6,9-13H2;1H. The Kier molecular flexibility index (Phi) is 5.36. The molecule has 24 heavy (non-hydrogen) atoms. The molecule has 0 amide bonds. The van der Waals surface area contributed by atoms with E-state index in [2.05, 4.69) is 10.1 Å². The highest BCUT2D eigenvalue weighted by Gasteiger charge is 2.35. The number of carbonyl (C=O) groups is 1. The number of hydrogen-bond donors (Lipinski definition) is 0. The van der Waals surface area contributed by atoms with E-state index in [0.29, 0.717) is 5.69 Å². The molecule has 0 spiro atoms. The van der Waals surface area contributed by atoms with E-state index in [1.165, 1.54) is 19.3 Å². The van der Waals surface area contributed by atoms with Crippen molar-refractivity contribution in [1.82, 2.24) is 10.1 Å². The van der Waals surface area contributed by atoms with E-state index in [4.69, 9.17) is 4.52 Å². The zero-order valence-corrected chi connectivity index (χ0v) is 14.6. The molecule has 0 N–H and O–H groups in total. The van der Waals surface area contributed by atoms with E-state index in [-0.39, 0.29) is 24.1 Å². The fourth-order valence-corrected chi connectivity index (χ4v) is 3.81. The number of aryl methyl sites for hydroxylation is 1. The zero-order chi connectivity index (χ0) is 15.6. The largest absolute Gasteiger partial charge is 0.360 e. The molecule has 1 fully saturated rings. The Balaban J connectivity index is 0.00000169. The van der Waals surface area contributed by atoms with Crippen molar-refractivity contribution in [1.29, 1.82) is 0 Å². The van der Waals surface area contributed by atoms with Gasteiger partial charge in [0, 0.05) is 24.4 Å². The van der Waals surface area contributed by atoms with Gasteiger partial charge in [0.1, 0.15) is 11.5 Å². The summed E-state index contributed by atoms with van der Waals surface area (Å²) in [7, 11) is 0. The van der Waals surface area contributed by atoms with E-state index in [0.717, 1.165) is 49.4 Å². The smallest absolute Gasteiger partial charge is 0.173 e. The lowest BCUT2D eigenvalue weighted by Crippen LogP contribution is -2.38. The van der Waals surface area contributed by atoms with E-state index in [9.17, 15) is 4.79 Å². The van der Waals surface area contributed by atoms with Crippen LogP contribution in [0.1, 0.15) is 41.8 Å². The van der Waals surface area contributed by atoms with E-state index >= 15 is 0 Å². The molecular formula is C19H23ClN2O2. The van der Waals surface area contributed by atoms with Gasteiger partial charge >= 0.3 is 0 Å². The van der Waals surface area contributed by atoms with Crippen molar-refractivity contribution in [3.63, 3.8) is 0 Å². The maximum Gasteiger partial charge on any atom is 0.173 e. The average Bonchev–Trinajstić information content (AvgIpc) is 3.04. The number of halogens is 1.